The van der Waals surface area contributed by atoms with Crippen LogP contribution in [0.15, 0.2) is 0 Å². The fourth-order valence-corrected chi connectivity index (χ4v) is 0.227. The number of hydrogen-bond acceptors (Lipinski definition) is 1. The van der Waals surface area contributed by atoms with Gasteiger partial charge in [-0.25, -0.2) is 0 Å². The first-order valence-corrected chi connectivity index (χ1v) is 2.01. The standard InChI is InChI=1S/C4H9NO/c1-2-3-4(5)6/h2-3H2,1H3,(H2,5,6)/i/hD. The van der Waals surface area contributed by atoms with E-state index in [1.54, 1.807) is 5.73 Å². The molecule has 0 aromatic carbocycles. The lowest BCUT2D eigenvalue weighted by molar-refractivity contribution is -0.118. The molecule has 2 N–H and O–H groups in total. The molecule has 0 aromatic heterocycles. The maximum absolute atomic E-state index is 10.1. The number of amides is 1. The highest BCUT2D eigenvalue weighted by molar-refractivity contribution is 5.73. The number of primary amides is 1. The van der Waals surface area contributed by atoms with Crippen LogP contribution >= 0.6 is 0 Å². The minimum absolute atomic E-state index is 0.206. The van der Waals surface area contributed by atoms with E-state index in [2.05, 4.69) is 0 Å². The molecule has 36 valence electrons. The lowest BCUT2D eigenvalue weighted by Crippen LogP contribution is -2.08. The van der Waals surface area contributed by atoms with Crippen LogP contribution < -0.4 is 5.73 Å². The van der Waals surface area contributed by atoms with Crippen LogP contribution in [0.5, 0.6) is 0 Å². The Labute approximate surface area is 38.8 Å². The Kier molecular flexibility index (Phi) is 1.64. The van der Waals surface area contributed by atoms with Gasteiger partial charge in [0.05, 0.1) is 0 Å². The first kappa shape index (κ1) is 3.65. The van der Waals surface area contributed by atoms with E-state index in [-0.39, 0.29) is 5.91 Å². The summed E-state index contributed by atoms with van der Waals surface area (Å²) in [5.74, 6) is -0.206. The van der Waals surface area contributed by atoms with Crippen LogP contribution in [0.3, 0.4) is 0 Å². The molecule has 0 aliphatic heterocycles. The third-order valence-electron chi connectivity index (χ3n) is 0.477. The zero-order valence-corrected chi connectivity index (χ0v) is 3.82. The first-order chi connectivity index (χ1) is 3.31. The molecule has 0 radical (unpaired) electrons. The van der Waals surface area contributed by atoms with Crippen molar-refractivity contribution in [2.24, 2.45) is 5.73 Å². The SMILES string of the molecule is [2H]NC(=O)CCC. The van der Waals surface area contributed by atoms with Crippen LogP contribution in [0.4, 0.5) is 0 Å². The van der Waals surface area contributed by atoms with E-state index >= 15 is 0 Å². The summed E-state index contributed by atoms with van der Waals surface area (Å²) >= 11 is 0. The molecule has 0 atom stereocenters. The van der Waals surface area contributed by atoms with E-state index in [9.17, 15) is 4.79 Å². The molecule has 0 aromatic rings. The molecule has 2 nitrogen and oxygen atoms in total. The van der Waals surface area contributed by atoms with E-state index in [0.29, 0.717) is 6.42 Å². The lowest BCUT2D eigenvalue weighted by Gasteiger charge is -1.81. The maximum atomic E-state index is 10.1. The molecule has 0 aliphatic carbocycles. The molecule has 0 bridgehead atoms. The van der Waals surface area contributed by atoms with Crippen molar-refractivity contribution in [3.63, 3.8) is 0 Å². The van der Waals surface area contributed by atoms with Gasteiger partial charge in [0.25, 0.3) is 0 Å². The Morgan fingerprint density at radius 2 is 2.83 bits per heavy atom. The minimum Gasteiger partial charge on any atom is -0.370 e. The van der Waals surface area contributed by atoms with Gasteiger partial charge < -0.3 is 5.73 Å². The Bertz CT molecular complexity index is 64.7. The van der Waals surface area contributed by atoms with Gasteiger partial charge in [-0.3, -0.25) is 4.79 Å². The second-order valence-electron chi connectivity index (χ2n) is 1.17. The Balaban J connectivity index is 3.00. The molecule has 0 spiro atoms. The van der Waals surface area contributed by atoms with Crippen LogP contribution in [-0.4, -0.2) is 5.91 Å². The lowest BCUT2D eigenvalue weighted by atomic mass is 10.3. The highest BCUT2D eigenvalue weighted by atomic mass is 16.1. The van der Waals surface area contributed by atoms with Crippen LogP contribution in [0, 0.1) is 0 Å². The summed E-state index contributed by atoms with van der Waals surface area (Å²) in [5, 5.41) is 0. The fourth-order valence-electron chi connectivity index (χ4n) is 0.227. The van der Waals surface area contributed by atoms with Crippen molar-refractivity contribution in [2.75, 3.05) is 0 Å². The van der Waals surface area contributed by atoms with Crippen molar-refractivity contribution in [1.82, 2.24) is 0 Å². The molecule has 2 heteroatoms. The zero-order valence-electron chi connectivity index (χ0n) is 4.82. The van der Waals surface area contributed by atoms with Crippen LogP contribution in [-0.2, 0) is 4.79 Å². The summed E-state index contributed by atoms with van der Waals surface area (Å²) < 4.78 is 6.31. The third-order valence-corrected chi connectivity index (χ3v) is 0.477. The van der Waals surface area contributed by atoms with Crippen LogP contribution in [0.25, 0.3) is 0 Å². The van der Waals surface area contributed by atoms with Crippen molar-refractivity contribution in [3.8, 4) is 0 Å². The summed E-state index contributed by atoms with van der Waals surface area (Å²) in [4.78, 5) is 10.1. The summed E-state index contributed by atoms with van der Waals surface area (Å²) in [6.45, 7) is 1.90. The normalized spacial score (nSPS) is 9.83. The Morgan fingerprint density at radius 3 is 3.00 bits per heavy atom. The summed E-state index contributed by atoms with van der Waals surface area (Å²) in [6.07, 6.45) is 1.27. The topological polar surface area (TPSA) is 43.1 Å². The van der Waals surface area contributed by atoms with Gasteiger partial charge in [-0.05, 0) is 6.42 Å². The number of hydrogen-bond donors (Lipinski definition) is 1. The molecule has 0 heterocycles. The summed E-state index contributed by atoms with van der Waals surface area (Å²) in [5.41, 5.74) is 1.78. The quantitative estimate of drug-likeness (QED) is 0.517. The van der Waals surface area contributed by atoms with E-state index in [4.69, 9.17) is 1.41 Å². The van der Waals surface area contributed by atoms with Gasteiger partial charge in [-0.2, -0.15) is 0 Å². The Hall–Kier alpha value is -0.530. The molecule has 6 heavy (non-hydrogen) atoms. The van der Waals surface area contributed by atoms with Crippen LogP contribution in [0.2, 0.25) is 1.41 Å². The second kappa shape index (κ2) is 2.69. The van der Waals surface area contributed by atoms with Gasteiger partial charge >= 0.3 is 0 Å². The zero-order chi connectivity index (χ0) is 5.70. The minimum atomic E-state index is -0.206. The molecule has 0 saturated heterocycles. The molecule has 0 aliphatic rings. The van der Waals surface area contributed by atoms with Gasteiger partial charge in [0, 0.05) is 6.42 Å². The number of carbonyl (C=O) groups excluding carboxylic acids is 1. The van der Waals surface area contributed by atoms with E-state index in [0.717, 1.165) is 6.42 Å². The number of nitrogens with two attached hydrogens (primary N) is 1. The van der Waals surface area contributed by atoms with E-state index in [1.807, 2.05) is 6.92 Å². The van der Waals surface area contributed by atoms with Gasteiger partial charge in [0.1, 0.15) is 0 Å². The molecule has 0 fully saturated rings. The van der Waals surface area contributed by atoms with Crippen molar-refractivity contribution in [3.05, 3.63) is 0 Å². The predicted molar refractivity (Wildman–Crippen MR) is 24.1 cm³/mol. The van der Waals surface area contributed by atoms with Gasteiger partial charge in [-0.15, -0.1) is 0 Å². The molecular formula is C4H9NO. The van der Waals surface area contributed by atoms with E-state index < -0.39 is 0 Å². The monoisotopic (exact) mass is 88.1 g/mol. The van der Waals surface area contributed by atoms with Crippen molar-refractivity contribution >= 4 is 5.91 Å². The third kappa shape index (κ3) is 3.47. The molecular weight excluding hydrogens is 78.0 g/mol. The van der Waals surface area contributed by atoms with Crippen molar-refractivity contribution < 1.29 is 6.21 Å². The Morgan fingerprint density at radius 1 is 2.17 bits per heavy atom. The maximum Gasteiger partial charge on any atom is 0.217 e. The average molecular weight is 88.1 g/mol. The average Bonchev–Trinajstić information content (AvgIpc) is 1.68. The highest BCUT2D eigenvalue weighted by Gasteiger charge is 1.84. The smallest absolute Gasteiger partial charge is 0.217 e. The first-order valence-electron chi connectivity index (χ1n) is 2.51. The van der Waals surface area contributed by atoms with Crippen LogP contribution in [0.1, 0.15) is 19.8 Å². The summed E-state index contributed by atoms with van der Waals surface area (Å²) in [6, 6.07) is 0. The van der Waals surface area contributed by atoms with Gasteiger partial charge in [-0.1, -0.05) is 6.92 Å². The van der Waals surface area contributed by atoms with Gasteiger partial charge in [0.2, 0.25) is 5.91 Å². The number of rotatable bonds is 2. The fraction of sp³-hybridized carbons (Fsp3) is 0.750. The van der Waals surface area contributed by atoms with Gasteiger partial charge in [0.15, 0.2) is 1.41 Å². The molecule has 0 saturated carbocycles. The highest BCUT2D eigenvalue weighted by Crippen LogP contribution is 1.79. The largest absolute Gasteiger partial charge is 0.370 e. The van der Waals surface area contributed by atoms with Crippen molar-refractivity contribution in [1.29, 1.82) is 0 Å². The molecule has 0 rings (SSSR count). The van der Waals surface area contributed by atoms with E-state index in [1.165, 1.54) is 0 Å². The second-order valence-corrected chi connectivity index (χ2v) is 1.17. The van der Waals surface area contributed by atoms with Crippen molar-refractivity contribution in [2.45, 2.75) is 19.8 Å². The molecule has 0 unspecified atom stereocenters. The predicted octanol–water partition coefficient (Wildman–Crippen LogP) is 0.272. The molecule has 1 amide bonds. The summed E-state index contributed by atoms with van der Waals surface area (Å²) in [7, 11) is 0. The number of carbonyl (C=O) groups is 1.